The normalized spacial score (nSPS) is 23.7. The summed E-state index contributed by atoms with van der Waals surface area (Å²) in [7, 11) is 0. The van der Waals surface area contributed by atoms with Crippen molar-refractivity contribution in [2.75, 3.05) is 0 Å². The van der Waals surface area contributed by atoms with E-state index < -0.39 is 5.59 Å². The summed E-state index contributed by atoms with van der Waals surface area (Å²) in [6.45, 7) is 4.32. The van der Waals surface area contributed by atoms with Crippen molar-refractivity contribution in [3.05, 3.63) is 29.8 Å². The molecule has 4 rings (SSSR count). The summed E-state index contributed by atoms with van der Waals surface area (Å²) in [5.41, 5.74) is 3.43. The van der Waals surface area contributed by atoms with Crippen LogP contribution in [0.4, 0.5) is 0 Å². The Kier molecular flexibility index (Phi) is 9.23. The van der Waals surface area contributed by atoms with E-state index in [4.69, 9.17) is 4.74 Å². The molecule has 3 fully saturated rings. The third-order valence-electron chi connectivity index (χ3n) is 8.28. The fraction of sp³-hybridized carbons (Fsp3) is 0.750. The van der Waals surface area contributed by atoms with Crippen molar-refractivity contribution in [1.82, 2.24) is 0 Å². The Hall–Kier alpha value is -0.0566. The average molecular weight is 531 g/mol. The van der Waals surface area contributed by atoms with Gasteiger partial charge in [0.25, 0.3) is 0 Å². The molecule has 31 heavy (non-hydrogen) atoms. The van der Waals surface area contributed by atoms with Crippen molar-refractivity contribution < 1.29 is 20.9 Å². The van der Waals surface area contributed by atoms with Gasteiger partial charge in [-0.05, 0) is 0 Å². The zero-order valence-corrected chi connectivity index (χ0v) is 22.8. The fourth-order valence-corrected chi connectivity index (χ4v) is 24.3. The third-order valence-corrected chi connectivity index (χ3v) is 24.5. The van der Waals surface area contributed by atoms with Crippen LogP contribution in [0.25, 0.3) is 0 Å². The molecule has 0 N–H and O–H groups in total. The van der Waals surface area contributed by atoms with Crippen LogP contribution in [0.5, 0.6) is 5.75 Å². The van der Waals surface area contributed by atoms with E-state index in [0.29, 0.717) is 16.2 Å². The number of ether oxygens (including phenoxy) is 1. The first-order valence-corrected chi connectivity index (χ1v) is 19.1. The second kappa shape index (κ2) is 11.9. The number of benzene rings is 1. The molecule has 177 valence electrons. The summed E-state index contributed by atoms with van der Waals surface area (Å²) in [5, 5.41) is 0. The Bertz CT molecular complexity index is 651. The second-order valence-electron chi connectivity index (χ2n) is 10.7. The number of para-hydroxylation sites is 1. The molecule has 0 radical (unpaired) electrons. The van der Waals surface area contributed by atoms with Crippen molar-refractivity contribution in [1.29, 1.82) is 0 Å². The van der Waals surface area contributed by atoms with Crippen molar-refractivity contribution in [3.8, 4) is 5.75 Å². The molecule has 0 spiro atoms. The van der Waals surface area contributed by atoms with E-state index in [1.165, 1.54) is 63.4 Å². The van der Waals surface area contributed by atoms with Crippen molar-refractivity contribution >= 4 is 10.2 Å². The molecule has 1 aromatic rings. The molecule has 0 unspecified atom stereocenters. The molecule has 1 aromatic carbocycles. The second-order valence-corrected chi connectivity index (χ2v) is 21.5. The van der Waals surface area contributed by atoms with Gasteiger partial charge in [-0.25, -0.2) is 0 Å². The summed E-state index contributed by atoms with van der Waals surface area (Å²) >= 11 is 0.348. The monoisotopic (exact) mass is 531 g/mol. The van der Waals surface area contributed by atoms with E-state index in [9.17, 15) is 0 Å². The van der Waals surface area contributed by atoms with Gasteiger partial charge in [0.2, 0.25) is 0 Å². The molecule has 1 nitrogen and oxygen atoms in total. The molecular formula is C28H46OPRu. The van der Waals surface area contributed by atoms with Gasteiger partial charge in [-0.1, -0.05) is 0 Å². The molecule has 0 heterocycles. The average Bonchev–Trinajstić information content (AvgIpc) is 2.82. The predicted octanol–water partition coefficient (Wildman–Crippen LogP) is 8.37. The van der Waals surface area contributed by atoms with Gasteiger partial charge in [0, 0.05) is 0 Å². The summed E-state index contributed by atoms with van der Waals surface area (Å²) in [5.74, 6) is 1.13. The van der Waals surface area contributed by atoms with Crippen molar-refractivity contribution in [2.45, 2.75) is 133 Å². The van der Waals surface area contributed by atoms with Gasteiger partial charge in [-0.2, -0.15) is 0 Å². The predicted molar refractivity (Wildman–Crippen MR) is 136 cm³/mol. The van der Waals surface area contributed by atoms with Gasteiger partial charge in [-0.3, -0.25) is 0 Å². The molecule has 0 bridgehead atoms. The van der Waals surface area contributed by atoms with Crippen molar-refractivity contribution in [3.63, 3.8) is 0 Å². The van der Waals surface area contributed by atoms with Crippen LogP contribution in [0.2, 0.25) is 0 Å². The van der Waals surface area contributed by atoms with Gasteiger partial charge in [0.15, 0.2) is 0 Å². The van der Waals surface area contributed by atoms with Crippen LogP contribution in [0.3, 0.4) is 0 Å². The quantitative estimate of drug-likeness (QED) is 0.254. The Balaban J connectivity index is 1.74. The van der Waals surface area contributed by atoms with Crippen LogP contribution in [0.15, 0.2) is 24.3 Å². The Morgan fingerprint density at radius 1 is 0.742 bits per heavy atom. The molecule has 3 aliphatic carbocycles. The van der Waals surface area contributed by atoms with Crippen molar-refractivity contribution in [2.24, 2.45) is 0 Å². The number of hydrogen-bond donors (Lipinski definition) is 0. The maximum absolute atomic E-state index is 6.25. The summed E-state index contributed by atoms with van der Waals surface area (Å²) in [6, 6.07) is 8.93. The minimum absolute atomic E-state index is 0.252. The first kappa shape index (κ1) is 24.1. The minimum atomic E-state index is -1.36. The molecular weight excluding hydrogens is 484 g/mol. The van der Waals surface area contributed by atoms with E-state index in [1.807, 2.05) is 0 Å². The van der Waals surface area contributed by atoms with Crippen LogP contribution < -0.4 is 4.74 Å². The van der Waals surface area contributed by atoms with Gasteiger partial charge in [0.05, 0.1) is 0 Å². The Morgan fingerprint density at radius 2 is 1.19 bits per heavy atom. The van der Waals surface area contributed by atoms with Crippen LogP contribution in [-0.4, -0.2) is 27.7 Å². The number of rotatable bonds is 7. The Labute approximate surface area is 199 Å². The maximum atomic E-state index is 6.25. The summed E-state index contributed by atoms with van der Waals surface area (Å²) in [6.07, 6.45) is 23.3. The molecule has 0 aromatic heterocycles. The zero-order valence-electron chi connectivity index (χ0n) is 20.1. The molecule has 0 amide bonds. The molecule has 0 atom stereocenters. The van der Waals surface area contributed by atoms with Gasteiger partial charge in [0.1, 0.15) is 0 Å². The topological polar surface area (TPSA) is 9.23 Å². The van der Waals surface area contributed by atoms with Crippen LogP contribution in [-0.2, 0) is 16.2 Å². The first-order valence-electron chi connectivity index (χ1n) is 13.4. The van der Waals surface area contributed by atoms with Crippen LogP contribution >= 0.6 is 5.59 Å². The van der Waals surface area contributed by atoms with E-state index >= 15 is 0 Å². The van der Waals surface area contributed by atoms with E-state index in [1.54, 1.807) is 38.5 Å². The number of hydrogen-bond acceptors (Lipinski definition) is 1. The van der Waals surface area contributed by atoms with Gasteiger partial charge >= 0.3 is 200 Å². The van der Waals surface area contributed by atoms with Crippen LogP contribution in [0.1, 0.15) is 116 Å². The molecule has 3 aliphatic rings. The molecule has 0 saturated heterocycles. The van der Waals surface area contributed by atoms with Gasteiger partial charge < -0.3 is 0 Å². The van der Waals surface area contributed by atoms with E-state index in [-0.39, 0.29) is 6.10 Å². The summed E-state index contributed by atoms with van der Waals surface area (Å²) < 4.78 is 9.02. The van der Waals surface area contributed by atoms with Crippen LogP contribution in [0, 0.1) is 0 Å². The molecule has 3 saturated carbocycles. The standard InChI is InChI=1S/C18H33P.C10H12O.Ru/c1-4-10-16(11-5-1)19(17-12-6-2-7-13-17)18-14-8-3-9-15-18;1-8(2)11-10-7-5-4-6-9(10)3;/h16-18H,1-15H2;3-8H,1-2H3;/q;;-1/p+1. The fourth-order valence-electron chi connectivity index (χ4n) is 6.93. The first-order chi connectivity index (χ1) is 15.2. The summed E-state index contributed by atoms with van der Waals surface area (Å²) in [4.78, 5) is 0. The molecule has 0 aliphatic heterocycles. The Morgan fingerprint density at radius 3 is 1.65 bits per heavy atom. The van der Waals surface area contributed by atoms with Gasteiger partial charge in [-0.15, -0.1) is 0 Å². The zero-order chi connectivity index (χ0) is 21.5. The van der Waals surface area contributed by atoms with E-state index in [0.717, 1.165) is 22.7 Å². The third kappa shape index (κ3) is 5.90. The SMILES string of the molecule is CC(C)Oc1ccccc1[CH]=[Ru][PH](C1CCCCC1)(C1CCCCC1)C1CCCCC1. The molecule has 3 heteroatoms. The van der Waals surface area contributed by atoms with E-state index in [2.05, 4.69) is 42.7 Å².